The minimum absolute atomic E-state index is 0.275. The number of aromatic nitrogens is 1. The molecule has 3 amide bonds. The Balaban J connectivity index is 1.34. The number of urea groups is 1. The molecule has 1 N–H and O–H groups in total. The van der Waals surface area contributed by atoms with Gasteiger partial charge in [0.15, 0.2) is 0 Å². The van der Waals surface area contributed by atoms with Crippen molar-refractivity contribution in [3.8, 4) is 6.07 Å². The van der Waals surface area contributed by atoms with Crippen LogP contribution >= 0.6 is 0 Å². The zero-order chi connectivity index (χ0) is 24.3. The van der Waals surface area contributed by atoms with E-state index in [2.05, 4.69) is 16.4 Å². The van der Waals surface area contributed by atoms with Gasteiger partial charge in [0.2, 0.25) is 0 Å². The van der Waals surface area contributed by atoms with Crippen molar-refractivity contribution in [3.05, 3.63) is 53.7 Å². The first-order valence-corrected chi connectivity index (χ1v) is 11.6. The lowest BCUT2D eigenvalue weighted by atomic mass is 9.86. The number of carbonyl (C=O) groups is 2. The molecule has 8 nitrogen and oxygen atoms in total. The molecule has 1 aromatic carbocycles. The predicted molar refractivity (Wildman–Crippen MR) is 127 cm³/mol. The third-order valence-corrected chi connectivity index (χ3v) is 7.38. The number of ether oxygens (including phenoxy) is 1. The fourth-order valence-corrected chi connectivity index (χ4v) is 4.88. The monoisotopic (exact) mass is 459 g/mol. The van der Waals surface area contributed by atoms with Crippen LogP contribution in [-0.4, -0.2) is 46.6 Å². The third-order valence-electron chi connectivity index (χ3n) is 7.38. The van der Waals surface area contributed by atoms with Crippen molar-refractivity contribution in [1.29, 1.82) is 5.26 Å². The van der Waals surface area contributed by atoms with Crippen LogP contribution in [0.3, 0.4) is 0 Å². The van der Waals surface area contributed by atoms with E-state index in [1.165, 1.54) is 4.90 Å². The Labute approximate surface area is 199 Å². The number of fused-ring (bicyclic) bond motifs is 1. The second-order valence-corrected chi connectivity index (χ2v) is 10.4. The van der Waals surface area contributed by atoms with Gasteiger partial charge in [-0.1, -0.05) is 12.1 Å². The first-order chi connectivity index (χ1) is 16.1. The van der Waals surface area contributed by atoms with Gasteiger partial charge in [0.05, 0.1) is 30.4 Å². The number of hydrogen-bond acceptors (Lipinski definition) is 6. The number of nitrogens with zero attached hydrogens (tertiary/aromatic N) is 4. The Morgan fingerprint density at radius 3 is 2.50 bits per heavy atom. The second-order valence-electron chi connectivity index (χ2n) is 10.4. The number of nitrogens with one attached hydrogen (secondary N) is 1. The van der Waals surface area contributed by atoms with Crippen LogP contribution in [0.5, 0.6) is 0 Å². The normalized spacial score (nSPS) is 25.3. The lowest BCUT2D eigenvalue weighted by Gasteiger charge is -2.27. The SMILES string of the molecule is CC(C)(C#N)c1ccc(N2C(=O)N(Cc3ccnc(NC4C5COCC54)c3)C(C)(C)C2=O)cc1. The van der Waals surface area contributed by atoms with E-state index in [1.807, 2.05) is 26.0 Å². The number of anilines is 2. The van der Waals surface area contributed by atoms with Gasteiger partial charge >= 0.3 is 6.03 Å². The summed E-state index contributed by atoms with van der Waals surface area (Å²) in [6, 6.07) is 13.2. The Morgan fingerprint density at radius 1 is 1.18 bits per heavy atom. The van der Waals surface area contributed by atoms with Crippen LogP contribution in [-0.2, 0) is 21.5 Å². The minimum atomic E-state index is -0.997. The number of nitriles is 1. The van der Waals surface area contributed by atoms with E-state index in [9.17, 15) is 14.9 Å². The first-order valence-electron chi connectivity index (χ1n) is 11.6. The van der Waals surface area contributed by atoms with Crippen molar-refractivity contribution in [3.63, 3.8) is 0 Å². The first kappa shape index (κ1) is 22.4. The molecule has 2 unspecified atom stereocenters. The maximum Gasteiger partial charge on any atom is 0.332 e. The van der Waals surface area contributed by atoms with Gasteiger partial charge in [-0.2, -0.15) is 5.26 Å². The number of carbonyl (C=O) groups excluding carboxylic acids is 2. The lowest BCUT2D eigenvalue weighted by Crippen LogP contribution is -2.43. The van der Waals surface area contributed by atoms with Crippen LogP contribution in [0, 0.1) is 23.2 Å². The molecule has 1 aromatic heterocycles. The van der Waals surface area contributed by atoms with Gasteiger partial charge < -0.3 is 15.0 Å². The summed E-state index contributed by atoms with van der Waals surface area (Å²) in [7, 11) is 0. The molecule has 0 radical (unpaired) electrons. The highest BCUT2D eigenvalue weighted by molar-refractivity contribution is 6.22. The minimum Gasteiger partial charge on any atom is -0.381 e. The van der Waals surface area contributed by atoms with E-state index in [4.69, 9.17) is 4.74 Å². The van der Waals surface area contributed by atoms with Gasteiger partial charge in [0.25, 0.3) is 5.91 Å². The zero-order valence-electron chi connectivity index (χ0n) is 19.9. The van der Waals surface area contributed by atoms with E-state index in [1.54, 1.807) is 49.2 Å². The van der Waals surface area contributed by atoms with Crippen molar-refractivity contribution in [1.82, 2.24) is 9.88 Å². The van der Waals surface area contributed by atoms with Gasteiger partial charge in [-0.25, -0.2) is 14.7 Å². The molecule has 0 bridgehead atoms. The van der Waals surface area contributed by atoms with E-state index in [0.717, 1.165) is 30.2 Å². The van der Waals surface area contributed by atoms with Gasteiger partial charge in [-0.05, 0) is 63.1 Å². The number of rotatable bonds is 6. The van der Waals surface area contributed by atoms with Crippen LogP contribution in [0.1, 0.15) is 38.8 Å². The fraction of sp³-hybridized carbons (Fsp3) is 0.462. The van der Waals surface area contributed by atoms with E-state index in [0.29, 0.717) is 30.1 Å². The Hall–Kier alpha value is -3.44. The largest absolute Gasteiger partial charge is 0.381 e. The topological polar surface area (TPSA) is 98.6 Å². The summed E-state index contributed by atoms with van der Waals surface area (Å²) in [6.45, 7) is 9.10. The second kappa shape index (κ2) is 7.81. The molecule has 2 aliphatic heterocycles. The van der Waals surface area contributed by atoms with Crippen LogP contribution in [0.15, 0.2) is 42.6 Å². The number of imide groups is 1. The maximum atomic E-state index is 13.4. The van der Waals surface area contributed by atoms with Gasteiger partial charge in [-0.15, -0.1) is 0 Å². The van der Waals surface area contributed by atoms with Crippen LogP contribution in [0.4, 0.5) is 16.3 Å². The van der Waals surface area contributed by atoms with Gasteiger partial charge in [0.1, 0.15) is 11.4 Å². The Kier molecular flexibility index (Phi) is 5.14. The molecule has 3 fully saturated rings. The van der Waals surface area contributed by atoms with Crippen molar-refractivity contribution in [2.45, 2.75) is 51.2 Å². The molecule has 3 aliphatic rings. The molecule has 3 heterocycles. The molecular weight excluding hydrogens is 430 g/mol. The maximum absolute atomic E-state index is 13.4. The smallest absolute Gasteiger partial charge is 0.332 e. The van der Waals surface area contributed by atoms with E-state index in [-0.39, 0.29) is 11.9 Å². The molecule has 2 saturated heterocycles. The standard InChI is InChI=1S/C26H29N5O3/c1-25(2,15-27)17-5-7-18(8-6-17)31-23(32)26(3,4)30(24(31)33)12-16-9-10-28-21(11-16)29-22-19-13-34-14-20(19)22/h5-11,19-20,22H,12-14H2,1-4H3,(H,28,29). The van der Waals surface area contributed by atoms with Crippen LogP contribution < -0.4 is 10.2 Å². The molecule has 8 heteroatoms. The van der Waals surface area contributed by atoms with Crippen molar-refractivity contribution < 1.29 is 14.3 Å². The summed E-state index contributed by atoms with van der Waals surface area (Å²) < 4.78 is 5.45. The molecule has 5 rings (SSSR count). The average molecular weight is 460 g/mol. The Bertz CT molecular complexity index is 1170. The number of benzene rings is 1. The van der Waals surface area contributed by atoms with Crippen LogP contribution in [0.2, 0.25) is 0 Å². The molecule has 1 saturated carbocycles. The number of pyridine rings is 1. The molecule has 176 valence electrons. The highest BCUT2D eigenvalue weighted by Gasteiger charge is 2.54. The van der Waals surface area contributed by atoms with E-state index < -0.39 is 11.0 Å². The molecule has 2 atom stereocenters. The lowest BCUT2D eigenvalue weighted by molar-refractivity contribution is -0.123. The summed E-state index contributed by atoms with van der Waals surface area (Å²) in [5, 5.41) is 12.9. The average Bonchev–Trinajstić information content (AvgIpc) is 3.15. The van der Waals surface area contributed by atoms with Crippen molar-refractivity contribution in [2.24, 2.45) is 11.8 Å². The summed E-state index contributed by atoms with van der Waals surface area (Å²) in [4.78, 5) is 34.0. The van der Waals surface area contributed by atoms with Crippen molar-refractivity contribution >= 4 is 23.4 Å². The number of amides is 3. The zero-order valence-corrected chi connectivity index (χ0v) is 19.9. The molecule has 2 aromatic rings. The molecule has 0 spiro atoms. The summed E-state index contributed by atoms with van der Waals surface area (Å²) in [5.41, 5.74) is 0.590. The third kappa shape index (κ3) is 3.61. The van der Waals surface area contributed by atoms with E-state index >= 15 is 0 Å². The highest BCUT2D eigenvalue weighted by Crippen LogP contribution is 2.45. The molecule has 34 heavy (non-hydrogen) atoms. The summed E-state index contributed by atoms with van der Waals surface area (Å²) in [5.74, 6) is 1.62. The summed E-state index contributed by atoms with van der Waals surface area (Å²) in [6.07, 6.45) is 1.73. The predicted octanol–water partition coefficient (Wildman–Crippen LogP) is 3.69. The summed E-state index contributed by atoms with van der Waals surface area (Å²) >= 11 is 0. The number of hydrogen-bond donors (Lipinski definition) is 1. The van der Waals surface area contributed by atoms with Crippen molar-refractivity contribution in [2.75, 3.05) is 23.4 Å². The quantitative estimate of drug-likeness (QED) is 0.662. The van der Waals surface area contributed by atoms with Crippen LogP contribution in [0.25, 0.3) is 0 Å². The highest BCUT2D eigenvalue weighted by atomic mass is 16.5. The molecule has 1 aliphatic carbocycles. The molecular formula is C26H29N5O3. The van der Waals surface area contributed by atoms with Gasteiger partial charge in [0, 0.05) is 30.6 Å². The fourth-order valence-electron chi connectivity index (χ4n) is 4.88. The van der Waals surface area contributed by atoms with Gasteiger partial charge in [-0.3, -0.25) is 4.79 Å². The Morgan fingerprint density at radius 2 is 1.85 bits per heavy atom.